The van der Waals surface area contributed by atoms with E-state index in [1.807, 2.05) is 71.4 Å². The number of carbonyl (C=O) groups excluding carboxylic acids is 1. The molecule has 0 aliphatic rings. The molecule has 4 aromatic rings. The lowest BCUT2D eigenvalue weighted by Gasteiger charge is -2.15. The van der Waals surface area contributed by atoms with Crippen molar-refractivity contribution in [3.8, 4) is 0 Å². The Morgan fingerprint density at radius 1 is 0.943 bits per heavy atom. The molecule has 1 heterocycles. The molecular formula is C30H32N2O3. The van der Waals surface area contributed by atoms with E-state index in [9.17, 15) is 9.59 Å². The topological polar surface area (TPSA) is 85.3 Å². The molecule has 35 heavy (non-hydrogen) atoms. The van der Waals surface area contributed by atoms with Crippen molar-refractivity contribution in [3.63, 3.8) is 0 Å². The van der Waals surface area contributed by atoms with Crippen LogP contribution in [0.2, 0.25) is 0 Å². The van der Waals surface area contributed by atoms with E-state index in [-0.39, 0.29) is 18.2 Å². The van der Waals surface area contributed by atoms with Crippen LogP contribution in [0, 0.1) is 5.92 Å². The van der Waals surface area contributed by atoms with Gasteiger partial charge in [0.05, 0.1) is 6.04 Å². The van der Waals surface area contributed by atoms with E-state index in [1.54, 1.807) is 0 Å². The fraction of sp³-hybridized carbons (Fsp3) is 0.267. The zero-order valence-electron chi connectivity index (χ0n) is 20.3. The van der Waals surface area contributed by atoms with Gasteiger partial charge in [0.15, 0.2) is 5.78 Å². The molecule has 5 heteroatoms. The molecule has 0 spiro atoms. The standard InChI is InChI=1S/C30H32N2O3/c1-20(2)16-21-8-5-9-22(17-21)29(31)23-10-6-11-24(18-23)30(35)26-19-32(15-7-14-28(33)34)27-13-4-3-12-25(26)27/h3-6,8-13,17-20,29H,7,14-16,31H2,1-2H3,(H,33,34). The Morgan fingerprint density at radius 2 is 1.66 bits per heavy atom. The smallest absolute Gasteiger partial charge is 0.303 e. The molecule has 0 saturated heterocycles. The third-order valence-electron chi connectivity index (χ3n) is 6.28. The summed E-state index contributed by atoms with van der Waals surface area (Å²) in [7, 11) is 0. The fourth-order valence-electron chi connectivity index (χ4n) is 4.62. The van der Waals surface area contributed by atoms with Gasteiger partial charge in [-0.05, 0) is 47.6 Å². The zero-order valence-corrected chi connectivity index (χ0v) is 20.3. The van der Waals surface area contributed by atoms with Crippen LogP contribution in [0.25, 0.3) is 10.9 Å². The summed E-state index contributed by atoms with van der Waals surface area (Å²) in [6, 6.07) is 23.3. The Hall–Kier alpha value is -3.70. The van der Waals surface area contributed by atoms with Crippen molar-refractivity contribution >= 4 is 22.7 Å². The molecule has 0 bridgehead atoms. The van der Waals surface area contributed by atoms with Crippen molar-refractivity contribution in [2.24, 2.45) is 11.7 Å². The first-order chi connectivity index (χ1) is 16.8. The number of hydrogen-bond donors (Lipinski definition) is 2. The number of ketones is 1. The van der Waals surface area contributed by atoms with Gasteiger partial charge >= 0.3 is 5.97 Å². The Balaban J connectivity index is 1.63. The van der Waals surface area contributed by atoms with Crippen LogP contribution >= 0.6 is 0 Å². The summed E-state index contributed by atoms with van der Waals surface area (Å²) in [5.74, 6) is -0.324. The molecule has 0 aliphatic heterocycles. The molecule has 3 N–H and O–H groups in total. The van der Waals surface area contributed by atoms with Crippen LogP contribution in [-0.2, 0) is 17.8 Å². The van der Waals surface area contributed by atoms with E-state index >= 15 is 0 Å². The SMILES string of the molecule is CC(C)Cc1cccc(C(N)c2cccc(C(=O)c3cn(CCCC(=O)O)c4ccccc34)c2)c1. The molecule has 3 aromatic carbocycles. The average molecular weight is 469 g/mol. The van der Waals surface area contributed by atoms with Crippen LogP contribution in [0.1, 0.15) is 65.3 Å². The molecular weight excluding hydrogens is 436 g/mol. The minimum absolute atomic E-state index is 0.0687. The lowest BCUT2D eigenvalue weighted by atomic mass is 9.93. The quantitative estimate of drug-likeness (QED) is 0.280. The van der Waals surface area contributed by atoms with Crippen LogP contribution in [-0.4, -0.2) is 21.4 Å². The van der Waals surface area contributed by atoms with Gasteiger partial charge in [0.25, 0.3) is 0 Å². The first-order valence-corrected chi connectivity index (χ1v) is 12.1. The van der Waals surface area contributed by atoms with Crippen molar-refractivity contribution in [3.05, 3.63) is 107 Å². The number of nitrogens with two attached hydrogens (primary N) is 1. The maximum atomic E-state index is 13.6. The van der Waals surface area contributed by atoms with E-state index < -0.39 is 5.97 Å². The van der Waals surface area contributed by atoms with Crippen molar-refractivity contribution < 1.29 is 14.7 Å². The van der Waals surface area contributed by atoms with Gasteiger partial charge < -0.3 is 15.4 Å². The molecule has 0 saturated carbocycles. The Morgan fingerprint density at radius 3 is 2.40 bits per heavy atom. The highest BCUT2D eigenvalue weighted by Crippen LogP contribution is 2.27. The number of aryl methyl sites for hydroxylation is 1. The van der Waals surface area contributed by atoms with E-state index in [0.717, 1.165) is 28.5 Å². The van der Waals surface area contributed by atoms with Gasteiger partial charge in [-0.2, -0.15) is 0 Å². The van der Waals surface area contributed by atoms with E-state index in [0.29, 0.717) is 30.0 Å². The molecule has 0 aliphatic carbocycles. The molecule has 5 nitrogen and oxygen atoms in total. The third-order valence-corrected chi connectivity index (χ3v) is 6.28. The molecule has 1 aromatic heterocycles. The summed E-state index contributed by atoms with van der Waals surface area (Å²) in [6.07, 6.45) is 3.43. The summed E-state index contributed by atoms with van der Waals surface area (Å²) in [5.41, 5.74) is 11.9. The molecule has 0 fully saturated rings. The number of fused-ring (bicyclic) bond motifs is 1. The number of para-hydroxylation sites is 1. The fourth-order valence-corrected chi connectivity index (χ4v) is 4.62. The van der Waals surface area contributed by atoms with E-state index in [2.05, 4.69) is 26.0 Å². The Bertz CT molecular complexity index is 1350. The molecule has 0 radical (unpaired) electrons. The van der Waals surface area contributed by atoms with E-state index in [1.165, 1.54) is 5.56 Å². The van der Waals surface area contributed by atoms with Gasteiger partial charge in [0.2, 0.25) is 0 Å². The summed E-state index contributed by atoms with van der Waals surface area (Å²) >= 11 is 0. The van der Waals surface area contributed by atoms with Gasteiger partial charge in [-0.15, -0.1) is 0 Å². The van der Waals surface area contributed by atoms with Crippen molar-refractivity contribution in [1.82, 2.24) is 4.57 Å². The molecule has 0 amide bonds. The van der Waals surface area contributed by atoms with Gasteiger partial charge in [-0.25, -0.2) is 0 Å². The Labute approximate surface area is 206 Å². The second-order valence-electron chi connectivity index (χ2n) is 9.53. The molecule has 1 unspecified atom stereocenters. The highest BCUT2D eigenvalue weighted by molar-refractivity contribution is 6.16. The van der Waals surface area contributed by atoms with Gasteiger partial charge in [-0.3, -0.25) is 9.59 Å². The summed E-state index contributed by atoms with van der Waals surface area (Å²) in [5, 5.41) is 9.84. The maximum Gasteiger partial charge on any atom is 0.303 e. The number of carbonyl (C=O) groups is 2. The second kappa shape index (κ2) is 10.7. The monoisotopic (exact) mass is 468 g/mol. The zero-order chi connectivity index (χ0) is 24.9. The van der Waals surface area contributed by atoms with Crippen LogP contribution in [0.3, 0.4) is 0 Å². The van der Waals surface area contributed by atoms with Crippen LogP contribution in [0.4, 0.5) is 0 Å². The van der Waals surface area contributed by atoms with Crippen molar-refractivity contribution in [2.75, 3.05) is 0 Å². The maximum absolute atomic E-state index is 13.6. The van der Waals surface area contributed by atoms with Crippen molar-refractivity contribution in [2.45, 2.75) is 45.7 Å². The van der Waals surface area contributed by atoms with Crippen LogP contribution in [0.5, 0.6) is 0 Å². The van der Waals surface area contributed by atoms with Gasteiger partial charge in [0.1, 0.15) is 0 Å². The summed E-state index contributed by atoms with van der Waals surface area (Å²) in [4.78, 5) is 24.5. The predicted octanol–water partition coefficient (Wildman–Crippen LogP) is 5.98. The number of benzene rings is 3. The first kappa shape index (κ1) is 24.4. The number of aliphatic carboxylic acids is 1. The highest BCUT2D eigenvalue weighted by Gasteiger charge is 2.18. The van der Waals surface area contributed by atoms with Crippen LogP contribution in [0.15, 0.2) is 79.0 Å². The summed E-state index contributed by atoms with van der Waals surface area (Å²) in [6.45, 7) is 4.94. The normalized spacial score (nSPS) is 12.2. The molecule has 180 valence electrons. The summed E-state index contributed by atoms with van der Waals surface area (Å²) < 4.78 is 1.97. The number of carboxylic acids is 1. The molecule has 4 rings (SSSR count). The minimum atomic E-state index is -0.819. The van der Waals surface area contributed by atoms with Crippen molar-refractivity contribution in [1.29, 1.82) is 0 Å². The number of rotatable bonds is 10. The highest BCUT2D eigenvalue weighted by atomic mass is 16.4. The third kappa shape index (κ3) is 5.69. The Kier molecular flexibility index (Phi) is 7.47. The second-order valence-corrected chi connectivity index (χ2v) is 9.53. The minimum Gasteiger partial charge on any atom is -0.481 e. The predicted molar refractivity (Wildman–Crippen MR) is 140 cm³/mol. The number of hydrogen-bond acceptors (Lipinski definition) is 3. The molecule has 1 atom stereocenters. The van der Waals surface area contributed by atoms with Gasteiger partial charge in [-0.1, -0.05) is 74.5 Å². The van der Waals surface area contributed by atoms with Gasteiger partial charge in [0, 0.05) is 41.2 Å². The number of nitrogens with zero attached hydrogens (tertiary/aromatic N) is 1. The number of carboxylic acid groups (broad SMARTS) is 1. The average Bonchev–Trinajstić information content (AvgIpc) is 3.21. The lowest BCUT2D eigenvalue weighted by Crippen LogP contribution is -2.13. The largest absolute Gasteiger partial charge is 0.481 e. The lowest BCUT2D eigenvalue weighted by molar-refractivity contribution is -0.137. The van der Waals surface area contributed by atoms with E-state index in [4.69, 9.17) is 10.8 Å². The first-order valence-electron chi connectivity index (χ1n) is 12.1. The number of aromatic nitrogens is 1. The van der Waals surface area contributed by atoms with Crippen LogP contribution < -0.4 is 5.73 Å².